The summed E-state index contributed by atoms with van der Waals surface area (Å²) < 4.78 is 32.3. The molecule has 1 unspecified atom stereocenters. The summed E-state index contributed by atoms with van der Waals surface area (Å²) in [5.74, 6) is -1.77. The van der Waals surface area contributed by atoms with Crippen LogP contribution in [0.2, 0.25) is 0 Å². The van der Waals surface area contributed by atoms with Crippen LogP contribution in [-0.4, -0.2) is 0 Å². The molecule has 0 saturated carbocycles. The lowest BCUT2D eigenvalue weighted by Crippen LogP contribution is -2.00. The average Bonchev–Trinajstić information content (AvgIpc) is 2.88. The van der Waals surface area contributed by atoms with Gasteiger partial charge in [-0.25, -0.2) is 8.78 Å². The minimum Gasteiger partial charge on any atom is -0.372 e. The Bertz CT molecular complexity index is 628. The zero-order valence-corrected chi connectivity index (χ0v) is 10.8. The summed E-state index contributed by atoms with van der Waals surface area (Å²) in [7, 11) is 0. The Labute approximate surface area is 114 Å². The Morgan fingerprint density at radius 3 is 2.68 bits per heavy atom. The molecule has 1 aliphatic heterocycles. The molecule has 1 aliphatic rings. The van der Waals surface area contributed by atoms with Gasteiger partial charge in [-0.3, -0.25) is 0 Å². The van der Waals surface area contributed by atoms with Crippen LogP contribution < -0.4 is 0 Å². The molecule has 4 heteroatoms. The molecule has 98 valence electrons. The number of benzene rings is 2. The molecule has 0 fully saturated rings. The predicted octanol–water partition coefficient (Wildman–Crippen LogP) is 4.32. The van der Waals surface area contributed by atoms with Gasteiger partial charge in [0.05, 0.1) is 18.6 Å². The smallest absolute Gasteiger partial charge is 0.163 e. The van der Waals surface area contributed by atoms with Crippen LogP contribution in [0.5, 0.6) is 0 Å². The van der Waals surface area contributed by atoms with Gasteiger partial charge >= 0.3 is 0 Å². The summed E-state index contributed by atoms with van der Waals surface area (Å²) in [5.41, 5.74) is 3.07. The molecular formula is C15H11ClF2O. The molecule has 0 amide bonds. The first-order valence-electron chi connectivity index (χ1n) is 5.94. The zero-order valence-electron chi connectivity index (χ0n) is 10.00. The number of alkyl halides is 1. The summed E-state index contributed by atoms with van der Waals surface area (Å²) in [4.78, 5) is 0. The fourth-order valence-electron chi connectivity index (χ4n) is 2.25. The highest BCUT2D eigenvalue weighted by molar-refractivity contribution is 6.22. The first-order chi connectivity index (χ1) is 9.16. The van der Waals surface area contributed by atoms with E-state index in [0.29, 0.717) is 13.2 Å². The van der Waals surface area contributed by atoms with E-state index >= 15 is 0 Å². The molecule has 0 saturated heterocycles. The number of rotatable bonds is 2. The third-order valence-electron chi connectivity index (χ3n) is 3.29. The van der Waals surface area contributed by atoms with Crippen LogP contribution >= 0.6 is 11.6 Å². The maximum Gasteiger partial charge on any atom is 0.163 e. The van der Waals surface area contributed by atoms with Crippen molar-refractivity contribution in [2.45, 2.75) is 18.6 Å². The third-order valence-corrected chi connectivity index (χ3v) is 3.78. The van der Waals surface area contributed by atoms with Crippen molar-refractivity contribution in [3.8, 4) is 0 Å². The molecule has 2 aromatic carbocycles. The molecule has 0 bridgehead atoms. The molecule has 19 heavy (non-hydrogen) atoms. The average molecular weight is 281 g/mol. The molecule has 0 radical (unpaired) electrons. The number of ether oxygens (including phenoxy) is 1. The maximum absolute atomic E-state index is 13.7. The summed E-state index contributed by atoms with van der Waals surface area (Å²) >= 11 is 6.26. The monoisotopic (exact) mass is 280 g/mol. The number of hydrogen-bond acceptors (Lipinski definition) is 1. The van der Waals surface area contributed by atoms with Gasteiger partial charge in [-0.1, -0.05) is 30.3 Å². The molecule has 3 rings (SSSR count). The van der Waals surface area contributed by atoms with Crippen LogP contribution in [0.4, 0.5) is 8.78 Å². The normalized spacial score (nSPS) is 15.3. The second-order valence-electron chi connectivity index (χ2n) is 4.53. The SMILES string of the molecule is Fc1cccc(C(Cl)c2ccc3c(c2)COC3)c1F. The Kier molecular flexibility index (Phi) is 3.25. The van der Waals surface area contributed by atoms with Crippen LogP contribution in [0.1, 0.15) is 27.6 Å². The van der Waals surface area contributed by atoms with E-state index in [-0.39, 0.29) is 5.56 Å². The summed E-state index contributed by atoms with van der Waals surface area (Å²) in [5, 5.41) is -0.707. The van der Waals surface area contributed by atoms with Gasteiger partial charge in [0.25, 0.3) is 0 Å². The molecule has 0 aliphatic carbocycles. The first-order valence-corrected chi connectivity index (χ1v) is 6.38. The van der Waals surface area contributed by atoms with Gasteiger partial charge in [0.15, 0.2) is 11.6 Å². The maximum atomic E-state index is 13.7. The van der Waals surface area contributed by atoms with E-state index < -0.39 is 17.0 Å². The predicted molar refractivity (Wildman–Crippen MR) is 69.0 cm³/mol. The summed E-state index contributed by atoms with van der Waals surface area (Å²) in [6.07, 6.45) is 0. The van der Waals surface area contributed by atoms with E-state index in [1.165, 1.54) is 12.1 Å². The van der Waals surface area contributed by atoms with E-state index in [1.807, 2.05) is 18.2 Å². The fraction of sp³-hybridized carbons (Fsp3) is 0.200. The van der Waals surface area contributed by atoms with Gasteiger partial charge in [-0.2, -0.15) is 0 Å². The largest absolute Gasteiger partial charge is 0.372 e. The van der Waals surface area contributed by atoms with Gasteiger partial charge in [0.2, 0.25) is 0 Å². The lowest BCUT2D eigenvalue weighted by molar-refractivity contribution is 0.134. The van der Waals surface area contributed by atoms with E-state index in [4.69, 9.17) is 16.3 Å². The van der Waals surface area contributed by atoms with Gasteiger partial charge in [-0.05, 0) is 22.8 Å². The van der Waals surface area contributed by atoms with Crippen molar-refractivity contribution in [1.29, 1.82) is 0 Å². The first kappa shape index (κ1) is 12.6. The van der Waals surface area contributed by atoms with Crippen LogP contribution in [-0.2, 0) is 18.0 Å². The quantitative estimate of drug-likeness (QED) is 0.744. The van der Waals surface area contributed by atoms with E-state index in [1.54, 1.807) is 0 Å². The van der Waals surface area contributed by atoms with Crippen molar-refractivity contribution in [2.24, 2.45) is 0 Å². The molecule has 1 nitrogen and oxygen atoms in total. The van der Waals surface area contributed by atoms with Crippen molar-refractivity contribution in [1.82, 2.24) is 0 Å². The van der Waals surface area contributed by atoms with E-state index in [2.05, 4.69) is 0 Å². The number of fused-ring (bicyclic) bond motifs is 1. The highest BCUT2D eigenvalue weighted by Gasteiger charge is 2.20. The van der Waals surface area contributed by atoms with Crippen molar-refractivity contribution in [3.05, 3.63) is 70.3 Å². The Morgan fingerprint density at radius 1 is 1.05 bits per heavy atom. The molecule has 1 heterocycles. The molecular weight excluding hydrogens is 270 g/mol. The van der Waals surface area contributed by atoms with E-state index in [9.17, 15) is 8.78 Å². The lowest BCUT2D eigenvalue weighted by Gasteiger charge is -2.12. The second kappa shape index (κ2) is 4.91. The minimum atomic E-state index is -0.890. The Balaban J connectivity index is 2.00. The van der Waals surface area contributed by atoms with Crippen LogP contribution in [0.15, 0.2) is 36.4 Å². The van der Waals surface area contributed by atoms with Crippen LogP contribution in [0, 0.1) is 11.6 Å². The summed E-state index contributed by atoms with van der Waals surface area (Å²) in [6, 6.07) is 9.68. The van der Waals surface area contributed by atoms with Crippen molar-refractivity contribution < 1.29 is 13.5 Å². The van der Waals surface area contributed by atoms with Crippen LogP contribution in [0.3, 0.4) is 0 Å². The molecule has 2 aromatic rings. The molecule has 0 N–H and O–H groups in total. The van der Waals surface area contributed by atoms with Gasteiger partial charge in [0.1, 0.15) is 0 Å². The Morgan fingerprint density at radius 2 is 1.84 bits per heavy atom. The third kappa shape index (κ3) is 2.24. The topological polar surface area (TPSA) is 9.23 Å². The van der Waals surface area contributed by atoms with Crippen LogP contribution in [0.25, 0.3) is 0 Å². The minimum absolute atomic E-state index is 0.153. The molecule has 0 spiro atoms. The number of halogens is 3. The fourth-order valence-corrected chi connectivity index (χ4v) is 2.55. The van der Waals surface area contributed by atoms with Crippen molar-refractivity contribution in [3.63, 3.8) is 0 Å². The second-order valence-corrected chi connectivity index (χ2v) is 4.96. The lowest BCUT2D eigenvalue weighted by atomic mass is 9.99. The van der Waals surface area contributed by atoms with Gasteiger partial charge in [-0.15, -0.1) is 11.6 Å². The molecule has 1 atom stereocenters. The van der Waals surface area contributed by atoms with E-state index in [0.717, 1.165) is 22.8 Å². The highest BCUT2D eigenvalue weighted by atomic mass is 35.5. The standard InChI is InChI=1S/C15H11ClF2O/c16-14(12-2-1-3-13(17)15(12)18)9-4-5-10-7-19-8-11(10)6-9/h1-6,14H,7-8H2. The highest BCUT2D eigenvalue weighted by Crippen LogP contribution is 2.33. The van der Waals surface area contributed by atoms with Gasteiger partial charge < -0.3 is 4.74 Å². The number of hydrogen-bond donors (Lipinski definition) is 0. The summed E-state index contributed by atoms with van der Waals surface area (Å²) in [6.45, 7) is 1.13. The van der Waals surface area contributed by atoms with Gasteiger partial charge in [0, 0.05) is 5.56 Å². The molecule has 0 aromatic heterocycles. The Hall–Kier alpha value is -1.45. The zero-order chi connectivity index (χ0) is 13.4. The van der Waals surface area contributed by atoms with Crippen molar-refractivity contribution in [2.75, 3.05) is 0 Å². The van der Waals surface area contributed by atoms with Crippen molar-refractivity contribution >= 4 is 11.6 Å².